The molecule has 2 aromatic carbocycles. The SMILES string of the molecule is O=C(NCC(O)COc1ccc2c(c1)OCO2)c1cccc(S(=O)(=O)NCC2CC2)c1. The Hall–Kier alpha value is -2.82. The van der Waals surface area contributed by atoms with Crippen LogP contribution >= 0.6 is 0 Å². The fourth-order valence-electron chi connectivity index (χ4n) is 2.97. The molecule has 1 aliphatic carbocycles. The topological polar surface area (TPSA) is 123 Å². The van der Waals surface area contributed by atoms with Crippen LogP contribution in [0.5, 0.6) is 17.2 Å². The predicted molar refractivity (Wildman–Crippen MR) is 111 cm³/mol. The van der Waals surface area contributed by atoms with Crippen LogP contribution in [0.1, 0.15) is 23.2 Å². The van der Waals surface area contributed by atoms with Crippen molar-refractivity contribution in [2.24, 2.45) is 5.92 Å². The fourth-order valence-corrected chi connectivity index (χ4v) is 4.13. The summed E-state index contributed by atoms with van der Waals surface area (Å²) in [5, 5.41) is 12.7. The molecule has 4 rings (SSSR count). The normalized spacial score (nSPS) is 16.0. The van der Waals surface area contributed by atoms with Crippen LogP contribution in [0.15, 0.2) is 47.4 Å². The lowest BCUT2D eigenvalue weighted by atomic mass is 10.2. The van der Waals surface area contributed by atoms with Gasteiger partial charge in [0.05, 0.1) is 4.90 Å². The minimum Gasteiger partial charge on any atom is -0.491 e. The second kappa shape index (κ2) is 9.13. The summed E-state index contributed by atoms with van der Waals surface area (Å²) in [7, 11) is -3.66. The number of sulfonamides is 1. The maximum absolute atomic E-state index is 12.4. The van der Waals surface area contributed by atoms with Crippen molar-refractivity contribution in [3.63, 3.8) is 0 Å². The Morgan fingerprint density at radius 1 is 1.16 bits per heavy atom. The highest BCUT2D eigenvalue weighted by Crippen LogP contribution is 2.35. The Bertz CT molecular complexity index is 1050. The molecule has 1 fully saturated rings. The standard InChI is InChI=1S/C21H24N2O7S/c24-16(12-28-17-6-7-19-20(9-17)30-13-29-19)11-22-21(25)15-2-1-3-18(8-15)31(26,27)23-10-14-4-5-14/h1-3,6-9,14,16,23-24H,4-5,10-13H2,(H,22,25). The van der Waals surface area contributed by atoms with E-state index in [1.807, 2.05) is 0 Å². The van der Waals surface area contributed by atoms with E-state index in [2.05, 4.69) is 10.0 Å². The first-order chi connectivity index (χ1) is 14.9. The Labute approximate surface area is 180 Å². The van der Waals surface area contributed by atoms with Crippen molar-refractivity contribution < 1.29 is 32.5 Å². The number of ether oxygens (including phenoxy) is 3. The molecule has 2 aliphatic rings. The van der Waals surface area contributed by atoms with E-state index in [1.165, 1.54) is 24.3 Å². The van der Waals surface area contributed by atoms with Crippen LogP contribution in [-0.4, -0.2) is 52.0 Å². The van der Waals surface area contributed by atoms with Crippen LogP contribution in [0.3, 0.4) is 0 Å². The monoisotopic (exact) mass is 448 g/mol. The van der Waals surface area contributed by atoms with E-state index in [0.717, 1.165) is 12.8 Å². The summed E-state index contributed by atoms with van der Waals surface area (Å²) in [5.74, 6) is 1.63. The Morgan fingerprint density at radius 3 is 2.77 bits per heavy atom. The van der Waals surface area contributed by atoms with Crippen molar-refractivity contribution in [2.45, 2.75) is 23.8 Å². The van der Waals surface area contributed by atoms with Gasteiger partial charge in [-0.3, -0.25) is 4.79 Å². The number of fused-ring (bicyclic) bond motifs is 1. The first-order valence-electron chi connectivity index (χ1n) is 9.99. The molecule has 0 spiro atoms. The van der Waals surface area contributed by atoms with Gasteiger partial charge >= 0.3 is 0 Å². The summed E-state index contributed by atoms with van der Waals surface area (Å²) in [5.41, 5.74) is 0.193. The number of hydrogen-bond acceptors (Lipinski definition) is 7. The van der Waals surface area contributed by atoms with E-state index >= 15 is 0 Å². The molecular formula is C21H24N2O7S. The van der Waals surface area contributed by atoms with Crippen LogP contribution in [0, 0.1) is 5.92 Å². The number of rotatable bonds is 10. The molecule has 166 valence electrons. The van der Waals surface area contributed by atoms with Crippen LogP contribution in [0.4, 0.5) is 0 Å². The molecule has 31 heavy (non-hydrogen) atoms. The predicted octanol–water partition coefficient (Wildman–Crippen LogP) is 1.27. The van der Waals surface area contributed by atoms with Gasteiger partial charge in [-0.1, -0.05) is 6.07 Å². The smallest absolute Gasteiger partial charge is 0.251 e. The highest BCUT2D eigenvalue weighted by molar-refractivity contribution is 7.89. The number of hydrogen-bond donors (Lipinski definition) is 3. The number of aliphatic hydroxyl groups is 1. The van der Waals surface area contributed by atoms with Gasteiger partial charge in [-0.2, -0.15) is 0 Å². The van der Waals surface area contributed by atoms with Crippen LogP contribution in [0.25, 0.3) is 0 Å². The summed E-state index contributed by atoms with van der Waals surface area (Å²) < 4.78 is 43.3. The Morgan fingerprint density at radius 2 is 1.97 bits per heavy atom. The number of benzene rings is 2. The number of carbonyl (C=O) groups is 1. The molecule has 3 N–H and O–H groups in total. The fraction of sp³-hybridized carbons (Fsp3) is 0.381. The Kier molecular flexibility index (Phi) is 6.30. The third kappa shape index (κ3) is 5.66. The minimum absolute atomic E-state index is 0.0347. The average Bonchev–Trinajstić information content (AvgIpc) is 3.50. The van der Waals surface area contributed by atoms with Crippen molar-refractivity contribution in [1.29, 1.82) is 0 Å². The quantitative estimate of drug-likeness (QED) is 0.500. The van der Waals surface area contributed by atoms with E-state index in [4.69, 9.17) is 14.2 Å². The molecule has 1 heterocycles. The molecule has 9 nitrogen and oxygen atoms in total. The second-order valence-electron chi connectivity index (χ2n) is 7.51. The molecule has 1 aliphatic heterocycles. The maximum atomic E-state index is 12.4. The molecule has 0 saturated heterocycles. The van der Waals surface area contributed by atoms with E-state index in [-0.39, 0.29) is 30.4 Å². The summed E-state index contributed by atoms with van der Waals surface area (Å²) >= 11 is 0. The van der Waals surface area contributed by atoms with E-state index in [0.29, 0.717) is 29.7 Å². The van der Waals surface area contributed by atoms with Crippen LogP contribution in [0.2, 0.25) is 0 Å². The van der Waals surface area contributed by atoms with Crippen molar-refractivity contribution in [3.8, 4) is 17.2 Å². The highest BCUT2D eigenvalue weighted by atomic mass is 32.2. The lowest BCUT2D eigenvalue weighted by Gasteiger charge is -2.14. The van der Waals surface area contributed by atoms with Crippen LogP contribution < -0.4 is 24.2 Å². The average molecular weight is 448 g/mol. The third-order valence-corrected chi connectivity index (χ3v) is 6.37. The largest absolute Gasteiger partial charge is 0.491 e. The zero-order valence-corrected chi connectivity index (χ0v) is 17.6. The van der Waals surface area contributed by atoms with Gasteiger partial charge in [0.2, 0.25) is 16.8 Å². The van der Waals surface area contributed by atoms with Gasteiger partial charge in [0.15, 0.2) is 11.5 Å². The van der Waals surface area contributed by atoms with E-state index in [1.54, 1.807) is 18.2 Å². The zero-order chi connectivity index (χ0) is 21.8. The highest BCUT2D eigenvalue weighted by Gasteiger charge is 2.24. The second-order valence-corrected chi connectivity index (χ2v) is 9.28. The number of amides is 1. The molecule has 0 radical (unpaired) electrons. The minimum atomic E-state index is -3.66. The molecule has 1 saturated carbocycles. The van der Waals surface area contributed by atoms with Gasteiger partial charge in [-0.15, -0.1) is 0 Å². The van der Waals surface area contributed by atoms with Gasteiger partial charge in [0.1, 0.15) is 18.5 Å². The molecule has 1 unspecified atom stereocenters. The van der Waals surface area contributed by atoms with Crippen molar-refractivity contribution in [2.75, 3.05) is 26.5 Å². The molecule has 10 heteroatoms. The van der Waals surface area contributed by atoms with Gasteiger partial charge in [0, 0.05) is 24.7 Å². The number of aliphatic hydroxyl groups excluding tert-OH is 1. The maximum Gasteiger partial charge on any atom is 0.251 e. The first-order valence-corrected chi connectivity index (χ1v) is 11.5. The van der Waals surface area contributed by atoms with E-state index < -0.39 is 22.0 Å². The van der Waals surface area contributed by atoms with Gasteiger partial charge in [0.25, 0.3) is 5.91 Å². The van der Waals surface area contributed by atoms with Gasteiger partial charge in [-0.05, 0) is 49.1 Å². The Balaban J connectivity index is 1.27. The first kappa shape index (κ1) is 21.4. The number of nitrogens with one attached hydrogen (secondary N) is 2. The summed E-state index contributed by atoms with van der Waals surface area (Å²) in [6, 6.07) is 10.9. The lowest BCUT2D eigenvalue weighted by molar-refractivity contribution is 0.0843. The van der Waals surface area contributed by atoms with Crippen molar-refractivity contribution in [1.82, 2.24) is 10.0 Å². The summed E-state index contributed by atoms with van der Waals surface area (Å²) in [4.78, 5) is 12.4. The zero-order valence-electron chi connectivity index (χ0n) is 16.7. The molecular weight excluding hydrogens is 424 g/mol. The van der Waals surface area contributed by atoms with Crippen LogP contribution in [-0.2, 0) is 10.0 Å². The summed E-state index contributed by atoms with van der Waals surface area (Å²) in [6.45, 7) is 0.473. The molecule has 2 aromatic rings. The van der Waals surface area contributed by atoms with E-state index in [9.17, 15) is 18.3 Å². The molecule has 0 aromatic heterocycles. The molecule has 1 atom stereocenters. The van der Waals surface area contributed by atoms with Crippen molar-refractivity contribution >= 4 is 15.9 Å². The third-order valence-electron chi connectivity index (χ3n) is 4.95. The summed E-state index contributed by atoms with van der Waals surface area (Å²) in [6.07, 6.45) is 1.11. The van der Waals surface area contributed by atoms with Gasteiger partial charge in [-0.25, -0.2) is 13.1 Å². The van der Waals surface area contributed by atoms with Gasteiger partial charge < -0.3 is 24.6 Å². The number of carbonyl (C=O) groups excluding carboxylic acids is 1. The molecule has 0 bridgehead atoms. The lowest BCUT2D eigenvalue weighted by Crippen LogP contribution is -2.35. The molecule has 1 amide bonds. The van der Waals surface area contributed by atoms with Crippen molar-refractivity contribution in [3.05, 3.63) is 48.0 Å².